The number of furan rings is 1. The van der Waals surface area contributed by atoms with E-state index in [0.717, 1.165) is 29.5 Å². The van der Waals surface area contributed by atoms with Crippen molar-refractivity contribution >= 4 is 16.9 Å². The maximum absolute atomic E-state index is 12.6. The molecule has 4 heteroatoms. The van der Waals surface area contributed by atoms with E-state index in [2.05, 4.69) is 24.1 Å². The van der Waals surface area contributed by atoms with Crippen LogP contribution in [0.15, 0.2) is 28.7 Å². The molecule has 1 aromatic carbocycles. The Kier molecular flexibility index (Phi) is 5.24. The number of para-hydroxylation sites is 1. The summed E-state index contributed by atoms with van der Waals surface area (Å²) in [6.45, 7) is 7.09. The van der Waals surface area contributed by atoms with Crippen LogP contribution in [0.25, 0.3) is 11.0 Å². The number of carbonyl (C=O) groups excluding carboxylic acids is 1. The minimum Gasteiger partial charge on any atom is -0.451 e. The van der Waals surface area contributed by atoms with Crippen molar-refractivity contribution in [2.75, 3.05) is 20.6 Å². The van der Waals surface area contributed by atoms with Gasteiger partial charge in [-0.3, -0.25) is 4.79 Å². The van der Waals surface area contributed by atoms with Gasteiger partial charge in [0, 0.05) is 23.5 Å². The van der Waals surface area contributed by atoms with Gasteiger partial charge in [0.2, 0.25) is 0 Å². The maximum atomic E-state index is 12.6. The predicted molar refractivity (Wildman–Crippen MR) is 90.2 cm³/mol. The summed E-state index contributed by atoms with van der Waals surface area (Å²) in [7, 11) is 4.04. The first-order chi connectivity index (χ1) is 10.4. The van der Waals surface area contributed by atoms with Crippen molar-refractivity contribution in [2.24, 2.45) is 5.92 Å². The van der Waals surface area contributed by atoms with Crippen LogP contribution in [0.3, 0.4) is 0 Å². The number of likely N-dealkylation sites (N-methyl/N-ethyl adjacent to an activating group) is 1. The number of nitrogens with zero attached hydrogens (tertiary/aromatic N) is 1. The Morgan fingerprint density at radius 2 is 1.95 bits per heavy atom. The van der Waals surface area contributed by atoms with Gasteiger partial charge in [-0.05, 0) is 39.4 Å². The van der Waals surface area contributed by atoms with Crippen molar-refractivity contribution in [1.82, 2.24) is 10.2 Å². The van der Waals surface area contributed by atoms with E-state index >= 15 is 0 Å². The molecular weight excluding hydrogens is 276 g/mol. The smallest absolute Gasteiger partial charge is 0.287 e. The van der Waals surface area contributed by atoms with Gasteiger partial charge in [-0.25, -0.2) is 0 Å². The normalized spacial score (nSPS) is 13.0. The number of hydrogen-bond acceptors (Lipinski definition) is 3. The molecule has 1 aromatic heterocycles. The molecule has 22 heavy (non-hydrogen) atoms. The van der Waals surface area contributed by atoms with Crippen molar-refractivity contribution in [3.8, 4) is 0 Å². The lowest BCUT2D eigenvalue weighted by Gasteiger charge is -2.23. The van der Waals surface area contributed by atoms with E-state index in [-0.39, 0.29) is 11.9 Å². The highest BCUT2D eigenvalue weighted by Crippen LogP contribution is 2.25. The monoisotopic (exact) mass is 302 g/mol. The fourth-order valence-electron chi connectivity index (χ4n) is 2.83. The molecule has 120 valence electrons. The summed E-state index contributed by atoms with van der Waals surface area (Å²) in [6, 6.07) is 7.87. The van der Waals surface area contributed by atoms with Gasteiger partial charge in [0.1, 0.15) is 5.58 Å². The first-order valence-corrected chi connectivity index (χ1v) is 7.82. The zero-order valence-electron chi connectivity index (χ0n) is 14.1. The number of carbonyl (C=O) groups is 1. The third kappa shape index (κ3) is 3.89. The van der Waals surface area contributed by atoms with E-state index in [0.29, 0.717) is 11.7 Å². The SMILES string of the molecule is Cc1c(C(=O)NC(CC(C)C)CN(C)C)oc2ccccc12. The number of rotatable bonds is 6. The summed E-state index contributed by atoms with van der Waals surface area (Å²) in [5.74, 6) is 0.830. The first-order valence-electron chi connectivity index (χ1n) is 7.82. The van der Waals surface area contributed by atoms with E-state index in [1.54, 1.807) is 0 Å². The molecule has 0 spiro atoms. The lowest BCUT2D eigenvalue weighted by Crippen LogP contribution is -2.42. The third-order valence-corrected chi connectivity index (χ3v) is 3.73. The second-order valence-corrected chi connectivity index (χ2v) is 6.61. The number of fused-ring (bicyclic) bond motifs is 1. The molecule has 0 aliphatic heterocycles. The average molecular weight is 302 g/mol. The highest BCUT2D eigenvalue weighted by Gasteiger charge is 2.21. The summed E-state index contributed by atoms with van der Waals surface area (Å²) in [5, 5.41) is 4.12. The fraction of sp³-hybridized carbons (Fsp3) is 0.500. The molecule has 0 aliphatic carbocycles. The topological polar surface area (TPSA) is 45.5 Å². The molecule has 1 amide bonds. The second kappa shape index (κ2) is 6.97. The third-order valence-electron chi connectivity index (χ3n) is 3.73. The zero-order chi connectivity index (χ0) is 16.3. The summed E-state index contributed by atoms with van der Waals surface area (Å²) in [5.41, 5.74) is 1.67. The van der Waals surface area contributed by atoms with E-state index < -0.39 is 0 Å². The summed E-state index contributed by atoms with van der Waals surface area (Å²) < 4.78 is 5.75. The molecular formula is C18H26N2O2. The van der Waals surface area contributed by atoms with Gasteiger partial charge >= 0.3 is 0 Å². The predicted octanol–water partition coefficient (Wildman–Crippen LogP) is 3.45. The van der Waals surface area contributed by atoms with Gasteiger partial charge in [0.05, 0.1) is 0 Å². The number of benzene rings is 1. The lowest BCUT2D eigenvalue weighted by molar-refractivity contribution is 0.0897. The van der Waals surface area contributed by atoms with Crippen LogP contribution in [-0.4, -0.2) is 37.5 Å². The Morgan fingerprint density at radius 3 is 2.55 bits per heavy atom. The van der Waals surface area contributed by atoms with Crippen LogP contribution in [0.1, 0.15) is 36.4 Å². The first kappa shape index (κ1) is 16.6. The highest BCUT2D eigenvalue weighted by atomic mass is 16.3. The zero-order valence-corrected chi connectivity index (χ0v) is 14.1. The standard InChI is InChI=1S/C18H26N2O2/c1-12(2)10-14(11-20(4)5)19-18(21)17-13(3)15-8-6-7-9-16(15)22-17/h6-9,12,14H,10-11H2,1-5H3,(H,19,21). The Bertz CT molecular complexity index is 634. The molecule has 2 rings (SSSR count). The quantitative estimate of drug-likeness (QED) is 0.889. The molecule has 1 atom stereocenters. The molecule has 0 saturated carbocycles. The van der Waals surface area contributed by atoms with Gasteiger partial charge in [-0.1, -0.05) is 32.0 Å². The number of amides is 1. The van der Waals surface area contributed by atoms with Crippen LogP contribution < -0.4 is 5.32 Å². The molecule has 1 N–H and O–H groups in total. The Hall–Kier alpha value is -1.81. The minimum atomic E-state index is -0.124. The van der Waals surface area contributed by atoms with Gasteiger partial charge in [0.15, 0.2) is 5.76 Å². The van der Waals surface area contributed by atoms with Crippen molar-refractivity contribution in [3.63, 3.8) is 0 Å². The fourth-order valence-corrected chi connectivity index (χ4v) is 2.83. The molecule has 0 radical (unpaired) electrons. The van der Waals surface area contributed by atoms with Gasteiger partial charge in [-0.15, -0.1) is 0 Å². The lowest BCUT2D eigenvalue weighted by atomic mass is 10.0. The molecule has 1 unspecified atom stereocenters. The van der Waals surface area contributed by atoms with Crippen LogP contribution in [-0.2, 0) is 0 Å². The molecule has 2 aromatic rings. The van der Waals surface area contributed by atoms with Crippen molar-refractivity contribution in [2.45, 2.75) is 33.2 Å². The average Bonchev–Trinajstić information content (AvgIpc) is 2.75. The van der Waals surface area contributed by atoms with Crippen LogP contribution in [0.4, 0.5) is 0 Å². The summed E-state index contributed by atoms with van der Waals surface area (Å²) >= 11 is 0. The molecule has 0 bridgehead atoms. The second-order valence-electron chi connectivity index (χ2n) is 6.61. The Balaban J connectivity index is 2.19. The van der Waals surface area contributed by atoms with Crippen LogP contribution in [0, 0.1) is 12.8 Å². The molecule has 1 heterocycles. The van der Waals surface area contributed by atoms with E-state index in [4.69, 9.17) is 4.42 Å². The minimum absolute atomic E-state index is 0.120. The number of aryl methyl sites for hydroxylation is 1. The molecule has 0 fully saturated rings. The maximum Gasteiger partial charge on any atom is 0.287 e. The molecule has 4 nitrogen and oxygen atoms in total. The number of hydrogen-bond donors (Lipinski definition) is 1. The van der Waals surface area contributed by atoms with Crippen molar-refractivity contribution in [1.29, 1.82) is 0 Å². The van der Waals surface area contributed by atoms with E-state index in [1.165, 1.54) is 0 Å². The Morgan fingerprint density at radius 1 is 1.27 bits per heavy atom. The van der Waals surface area contributed by atoms with E-state index in [1.807, 2.05) is 45.3 Å². The van der Waals surface area contributed by atoms with Crippen LogP contribution in [0.5, 0.6) is 0 Å². The van der Waals surface area contributed by atoms with Gasteiger partial charge in [-0.2, -0.15) is 0 Å². The highest BCUT2D eigenvalue weighted by molar-refractivity contribution is 5.99. The Labute approximate surface area is 132 Å². The van der Waals surface area contributed by atoms with Crippen LogP contribution >= 0.6 is 0 Å². The van der Waals surface area contributed by atoms with Crippen LogP contribution in [0.2, 0.25) is 0 Å². The summed E-state index contributed by atoms with van der Waals surface area (Å²) in [6.07, 6.45) is 0.948. The largest absolute Gasteiger partial charge is 0.451 e. The molecule has 0 aliphatic rings. The number of nitrogens with one attached hydrogen (secondary N) is 1. The van der Waals surface area contributed by atoms with Crippen molar-refractivity contribution in [3.05, 3.63) is 35.6 Å². The van der Waals surface area contributed by atoms with Crippen molar-refractivity contribution < 1.29 is 9.21 Å². The summed E-state index contributed by atoms with van der Waals surface area (Å²) in [4.78, 5) is 14.7. The van der Waals surface area contributed by atoms with E-state index in [9.17, 15) is 4.79 Å². The molecule has 0 saturated heterocycles. The van der Waals surface area contributed by atoms with Gasteiger partial charge < -0.3 is 14.6 Å². The van der Waals surface area contributed by atoms with Gasteiger partial charge in [0.25, 0.3) is 5.91 Å².